The van der Waals surface area contributed by atoms with Gasteiger partial charge in [0.2, 0.25) is 0 Å². The Morgan fingerprint density at radius 1 is 0.808 bits per heavy atom. The average Bonchev–Trinajstić information content (AvgIpc) is 3.04. The Labute approximate surface area is 159 Å². The third kappa shape index (κ3) is 3.25. The predicted molar refractivity (Wildman–Crippen MR) is 114 cm³/mol. The number of para-hydroxylation sites is 2. The van der Waals surface area contributed by atoms with Crippen molar-refractivity contribution in [3.63, 3.8) is 0 Å². The molecular formula is C24H32N2. The molecule has 2 nitrogen and oxygen atoms in total. The van der Waals surface area contributed by atoms with Crippen molar-refractivity contribution in [3.8, 4) is 0 Å². The molecule has 138 valence electrons. The maximum atomic E-state index is 2.50. The molecule has 2 aromatic rings. The average molecular weight is 349 g/mol. The SMILES string of the molecule is CCC1N(c2ccccc2C)C=CN1c1c(C(C)C)cccc1C(C)C. The third-order valence-corrected chi connectivity index (χ3v) is 5.39. The van der Waals surface area contributed by atoms with Gasteiger partial charge in [-0.2, -0.15) is 0 Å². The number of benzene rings is 2. The van der Waals surface area contributed by atoms with Crippen molar-refractivity contribution in [1.29, 1.82) is 0 Å². The van der Waals surface area contributed by atoms with Crippen LogP contribution >= 0.6 is 0 Å². The van der Waals surface area contributed by atoms with Crippen LogP contribution in [-0.4, -0.2) is 6.17 Å². The molecule has 3 rings (SSSR count). The Hall–Kier alpha value is -2.22. The summed E-state index contributed by atoms with van der Waals surface area (Å²) in [5.41, 5.74) is 6.89. The minimum absolute atomic E-state index is 0.313. The second-order valence-corrected chi connectivity index (χ2v) is 7.88. The molecule has 0 spiro atoms. The molecule has 0 fully saturated rings. The highest BCUT2D eigenvalue weighted by atomic mass is 15.4. The molecular weight excluding hydrogens is 316 g/mol. The van der Waals surface area contributed by atoms with E-state index in [9.17, 15) is 0 Å². The summed E-state index contributed by atoms with van der Waals surface area (Å²) in [6, 6.07) is 15.5. The molecule has 2 aromatic carbocycles. The van der Waals surface area contributed by atoms with Crippen molar-refractivity contribution in [1.82, 2.24) is 0 Å². The van der Waals surface area contributed by atoms with E-state index in [2.05, 4.69) is 106 Å². The summed E-state index contributed by atoms with van der Waals surface area (Å²) in [4.78, 5) is 4.92. The van der Waals surface area contributed by atoms with E-state index in [1.54, 1.807) is 0 Å². The van der Waals surface area contributed by atoms with E-state index in [1.807, 2.05) is 0 Å². The maximum absolute atomic E-state index is 2.50. The van der Waals surface area contributed by atoms with E-state index in [-0.39, 0.29) is 0 Å². The number of aryl methyl sites for hydroxylation is 1. The van der Waals surface area contributed by atoms with Crippen LogP contribution in [-0.2, 0) is 0 Å². The van der Waals surface area contributed by atoms with Crippen molar-refractivity contribution in [2.75, 3.05) is 9.80 Å². The van der Waals surface area contributed by atoms with Gasteiger partial charge in [0.25, 0.3) is 0 Å². The van der Waals surface area contributed by atoms with E-state index < -0.39 is 0 Å². The lowest BCUT2D eigenvalue weighted by Gasteiger charge is -2.36. The van der Waals surface area contributed by atoms with E-state index in [0.29, 0.717) is 18.0 Å². The van der Waals surface area contributed by atoms with Crippen LogP contribution in [0.1, 0.15) is 69.6 Å². The van der Waals surface area contributed by atoms with Gasteiger partial charge in [0, 0.05) is 23.8 Å². The smallest absolute Gasteiger partial charge is 0.110 e. The molecule has 0 aliphatic carbocycles. The first-order valence-electron chi connectivity index (χ1n) is 9.89. The van der Waals surface area contributed by atoms with Gasteiger partial charge in [-0.25, -0.2) is 0 Å². The monoisotopic (exact) mass is 348 g/mol. The normalized spacial score (nSPS) is 17.0. The summed E-state index contributed by atoms with van der Waals surface area (Å²) < 4.78 is 0. The van der Waals surface area contributed by atoms with Gasteiger partial charge in [0.1, 0.15) is 6.17 Å². The largest absolute Gasteiger partial charge is 0.325 e. The van der Waals surface area contributed by atoms with Gasteiger partial charge in [-0.15, -0.1) is 0 Å². The van der Waals surface area contributed by atoms with Crippen molar-refractivity contribution in [2.45, 2.75) is 66.0 Å². The Morgan fingerprint density at radius 2 is 1.38 bits per heavy atom. The molecule has 0 bridgehead atoms. The summed E-state index contributed by atoms with van der Waals surface area (Å²) in [5.74, 6) is 1.00. The number of nitrogens with zero attached hydrogens (tertiary/aromatic N) is 2. The molecule has 26 heavy (non-hydrogen) atoms. The molecule has 1 unspecified atom stereocenters. The summed E-state index contributed by atoms with van der Waals surface area (Å²) in [7, 11) is 0. The highest BCUT2D eigenvalue weighted by molar-refractivity contribution is 5.69. The van der Waals surface area contributed by atoms with E-state index in [1.165, 1.54) is 28.1 Å². The van der Waals surface area contributed by atoms with Gasteiger partial charge in [-0.05, 0) is 47.9 Å². The fraction of sp³-hybridized carbons (Fsp3) is 0.417. The first kappa shape index (κ1) is 18.6. The van der Waals surface area contributed by atoms with E-state index in [4.69, 9.17) is 0 Å². The van der Waals surface area contributed by atoms with Gasteiger partial charge in [0.15, 0.2) is 0 Å². The van der Waals surface area contributed by atoms with Gasteiger partial charge in [-0.1, -0.05) is 71.0 Å². The summed E-state index contributed by atoms with van der Waals surface area (Å²) in [6.45, 7) is 13.7. The standard InChI is InChI=1S/C24H32N2/c1-7-23-25(22-14-9-8-11-19(22)6)15-16-26(23)24-20(17(2)3)12-10-13-21(24)18(4)5/h8-18,23H,7H2,1-6H3. The molecule has 0 amide bonds. The maximum Gasteiger partial charge on any atom is 0.110 e. The number of hydrogen-bond donors (Lipinski definition) is 0. The minimum atomic E-state index is 0.313. The Kier molecular flexibility index (Phi) is 5.41. The third-order valence-electron chi connectivity index (χ3n) is 5.39. The quantitative estimate of drug-likeness (QED) is 0.588. The molecule has 2 heteroatoms. The zero-order chi connectivity index (χ0) is 18.8. The van der Waals surface area contributed by atoms with Crippen LogP contribution < -0.4 is 9.80 Å². The first-order valence-corrected chi connectivity index (χ1v) is 9.89. The number of anilines is 2. The molecule has 1 aliphatic rings. The highest BCUT2D eigenvalue weighted by Crippen LogP contribution is 2.40. The van der Waals surface area contributed by atoms with Crippen molar-refractivity contribution >= 4 is 11.4 Å². The van der Waals surface area contributed by atoms with Crippen LogP contribution in [0.25, 0.3) is 0 Å². The molecule has 0 radical (unpaired) electrons. The number of rotatable bonds is 5. The highest BCUT2D eigenvalue weighted by Gasteiger charge is 2.31. The van der Waals surface area contributed by atoms with E-state index >= 15 is 0 Å². The van der Waals surface area contributed by atoms with Gasteiger partial charge in [0.05, 0.1) is 0 Å². The van der Waals surface area contributed by atoms with Gasteiger partial charge < -0.3 is 9.80 Å². The van der Waals surface area contributed by atoms with Crippen LogP contribution in [0, 0.1) is 6.92 Å². The molecule has 0 saturated carbocycles. The van der Waals surface area contributed by atoms with Gasteiger partial charge in [-0.3, -0.25) is 0 Å². The molecule has 1 atom stereocenters. The second kappa shape index (κ2) is 7.57. The zero-order valence-electron chi connectivity index (χ0n) is 17.0. The Morgan fingerprint density at radius 3 is 1.92 bits per heavy atom. The lowest BCUT2D eigenvalue weighted by atomic mass is 9.91. The van der Waals surface area contributed by atoms with E-state index in [0.717, 1.165) is 6.42 Å². The van der Waals surface area contributed by atoms with Crippen LogP contribution in [0.2, 0.25) is 0 Å². The number of hydrogen-bond acceptors (Lipinski definition) is 2. The zero-order valence-corrected chi connectivity index (χ0v) is 17.0. The fourth-order valence-electron chi connectivity index (χ4n) is 4.00. The molecule has 0 N–H and O–H groups in total. The molecule has 1 heterocycles. The Bertz CT molecular complexity index is 762. The summed E-state index contributed by atoms with van der Waals surface area (Å²) >= 11 is 0. The summed E-state index contributed by atoms with van der Waals surface area (Å²) in [6.07, 6.45) is 5.89. The van der Waals surface area contributed by atoms with Crippen molar-refractivity contribution < 1.29 is 0 Å². The van der Waals surface area contributed by atoms with Crippen molar-refractivity contribution in [3.05, 3.63) is 71.6 Å². The Balaban J connectivity index is 2.09. The second-order valence-electron chi connectivity index (χ2n) is 7.88. The predicted octanol–water partition coefficient (Wildman–Crippen LogP) is 6.78. The molecule has 0 aromatic heterocycles. The lowest BCUT2D eigenvalue weighted by molar-refractivity contribution is 0.649. The molecule has 0 saturated heterocycles. The van der Waals surface area contributed by atoms with Crippen LogP contribution in [0.4, 0.5) is 11.4 Å². The topological polar surface area (TPSA) is 6.48 Å². The van der Waals surface area contributed by atoms with Crippen LogP contribution in [0.5, 0.6) is 0 Å². The van der Waals surface area contributed by atoms with Crippen LogP contribution in [0.15, 0.2) is 54.9 Å². The first-order chi connectivity index (χ1) is 12.5. The fourth-order valence-corrected chi connectivity index (χ4v) is 4.00. The van der Waals surface area contributed by atoms with Gasteiger partial charge >= 0.3 is 0 Å². The minimum Gasteiger partial charge on any atom is -0.325 e. The lowest BCUT2D eigenvalue weighted by Crippen LogP contribution is -2.39. The summed E-state index contributed by atoms with van der Waals surface area (Å²) in [5, 5.41) is 0. The van der Waals surface area contributed by atoms with Crippen molar-refractivity contribution in [2.24, 2.45) is 0 Å². The molecule has 1 aliphatic heterocycles. The van der Waals surface area contributed by atoms with Crippen LogP contribution in [0.3, 0.4) is 0 Å².